The van der Waals surface area contributed by atoms with Crippen molar-refractivity contribution >= 4 is 33.6 Å². The standard InChI is InChI=1S/C9H8IN3O/c1-14-6-2-7-9(11-4-6)8(3-10)13-5-12-7/h2,4-5H,3H2,1H3. The van der Waals surface area contributed by atoms with Crippen molar-refractivity contribution in [3.63, 3.8) is 0 Å². The predicted molar refractivity (Wildman–Crippen MR) is 61.6 cm³/mol. The van der Waals surface area contributed by atoms with Gasteiger partial charge >= 0.3 is 0 Å². The fraction of sp³-hybridized carbons (Fsp3) is 0.222. The van der Waals surface area contributed by atoms with Crippen molar-refractivity contribution in [3.05, 3.63) is 24.3 Å². The normalized spacial score (nSPS) is 10.4. The lowest BCUT2D eigenvalue weighted by Gasteiger charge is -2.02. The molecule has 0 saturated heterocycles. The van der Waals surface area contributed by atoms with Gasteiger partial charge in [-0.3, -0.25) is 0 Å². The molecule has 0 spiro atoms. The van der Waals surface area contributed by atoms with Crippen LogP contribution in [-0.2, 0) is 4.43 Å². The maximum atomic E-state index is 5.07. The molecule has 72 valence electrons. The summed E-state index contributed by atoms with van der Waals surface area (Å²) in [6.45, 7) is 0. The molecule has 2 rings (SSSR count). The summed E-state index contributed by atoms with van der Waals surface area (Å²) in [5.74, 6) is 0.718. The van der Waals surface area contributed by atoms with Crippen LogP contribution >= 0.6 is 22.6 Å². The fourth-order valence-electron chi connectivity index (χ4n) is 1.19. The minimum Gasteiger partial charge on any atom is -0.495 e. The van der Waals surface area contributed by atoms with Gasteiger partial charge in [-0.1, -0.05) is 22.6 Å². The number of nitrogens with zero attached hydrogens (tertiary/aromatic N) is 3. The highest BCUT2D eigenvalue weighted by Gasteiger charge is 2.04. The molecule has 0 aliphatic carbocycles. The number of hydrogen-bond acceptors (Lipinski definition) is 4. The van der Waals surface area contributed by atoms with Crippen LogP contribution in [0.4, 0.5) is 0 Å². The first-order valence-electron chi connectivity index (χ1n) is 4.04. The summed E-state index contributed by atoms with van der Waals surface area (Å²) in [4.78, 5) is 12.6. The van der Waals surface area contributed by atoms with Crippen LogP contribution in [-0.4, -0.2) is 22.1 Å². The second-order valence-electron chi connectivity index (χ2n) is 2.70. The Bertz CT molecular complexity index is 461. The van der Waals surface area contributed by atoms with Gasteiger partial charge in [0.05, 0.1) is 24.5 Å². The Morgan fingerprint density at radius 3 is 2.93 bits per heavy atom. The van der Waals surface area contributed by atoms with Crippen LogP contribution < -0.4 is 4.74 Å². The Hall–Kier alpha value is -0.980. The second-order valence-corrected chi connectivity index (χ2v) is 3.46. The molecule has 0 bridgehead atoms. The minimum atomic E-state index is 0.718. The van der Waals surface area contributed by atoms with E-state index in [4.69, 9.17) is 4.74 Å². The molecular weight excluding hydrogens is 293 g/mol. The van der Waals surface area contributed by atoms with Crippen LogP contribution in [0.2, 0.25) is 0 Å². The molecule has 0 saturated carbocycles. The number of pyridine rings is 1. The smallest absolute Gasteiger partial charge is 0.139 e. The monoisotopic (exact) mass is 301 g/mol. The number of ether oxygens (including phenoxy) is 1. The van der Waals surface area contributed by atoms with Crippen LogP contribution in [0, 0.1) is 0 Å². The van der Waals surface area contributed by atoms with Gasteiger partial charge in [0.2, 0.25) is 0 Å². The summed E-state index contributed by atoms with van der Waals surface area (Å²) in [5, 5.41) is 0. The van der Waals surface area contributed by atoms with E-state index in [-0.39, 0.29) is 0 Å². The first kappa shape index (κ1) is 9.57. The average Bonchev–Trinajstić information content (AvgIpc) is 2.27. The van der Waals surface area contributed by atoms with Crippen molar-refractivity contribution in [2.45, 2.75) is 4.43 Å². The Balaban J connectivity index is 2.67. The molecule has 0 aliphatic heterocycles. The van der Waals surface area contributed by atoms with Crippen molar-refractivity contribution in [3.8, 4) is 5.75 Å². The molecule has 2 heterocycles. The lowest BCUT2D eigenvalue weighted by molar-refractivity contribution is 0.413. The molecule has 2 aromatic rings. The van der Waals surface area contributed by atoms with Crippen molar-refractivity contribution in [1.29, 1.82) is 0 Å². The highest BCUT2D eigenvalue weighted by Crippen LogP contribution is 2.18. The van der Waals surface area contributed by atoms with E-state index >= 15 is 0 Å². The van der Waals surface area contributed by atoms with E-state index in [2.05, 4.69) is 37.5 Å². The van der Waals surface area contributed by atoms with Crippen LogP contribution in [0.15, 0.2) is 18.6 Å². The number of hydrogen-bond donors (Lipinski definition) is 0. The lowest BCUT2D eigenvalue weighted by atomic mass is 10.3. The van der Waals surface area contributed by atoms with Gasteiger partial charge in [0.15, 0.2) is 0 Å². The molecule has 0 fully saturated rings. The molecule has 0 aliphatic rings. The molecule has 4 nitrogen and oxygen atoms in total. The summed E-state index contributed by atoms with van der Waals surface area (Å²) in [6.07, 6.45) is 3.24. The van der Waals surface area contributed by atoms with Gasteiger partial charge in [0, 0.05) is 10.5 Å². The average molecular weight is 301 g/mol. The first-order valence-corrected chi connectivity index (χ1v) is 5.57. The summed E-state index contributed by atoms with van der Waals surface area (Å²) < 4.78 is 5.90. The highest BCUT2D eigenvalue weighted by molar-refractivity contribution is 14.1. The van der Waals surface area contributed by atoms with Crippen molar-refractivity contribution in [2.75, 3.05) is 7.11 Å². The number of methoxy groups -OCH3 is 1. The number of fused-ring (bicyclic) bond motifs is 1. The minimum absolute atomic E-state index is 0.718. The van der Waals surface area contributed by atoms with E-state index in [9.17, 15) is 0 Å². The van der Waals surface area contributed by atoms with E-state index in [1.165, 1.54) is 0 Å². The Kier molecular flexibility index (Phi) is 2.76. The molecule has 0 unspecified atom stereocenters. The predicted octanol–water partition coefficient (Wildman–Crippen LogP) is 1.97. The van der Waals surface area contributed by atoms with Crippen LogP contribution in [0.1, 0.15) is 5.69 Å². The van der Waals surface area contributed by atoms with Gasteiger partial charge in [-0.05, 0) is 0 Å². The fourth-order valence-corrected chi connectivity index (χ4v) is 1.74. The molecular formula is C9H8IN3O. The van der Waals surface area contributed by atoms with Gasteiger partial charge in [0.1, 0.15) is 17.6 Å². The SMILES string of the molecule is COc1cnc2c(CI)ncnc2c1. The van der Waals surface area contributed by atoms with E-state index in [0.29, 0.717) is 0 Å². The summed E-state index contributed by atoms with van der Waals surface area (Å²) >= 11 is 2.26. The van der Waals surface area contributed by atoms with Gasteiger partial charge < -0.3 is 4.74 Å². The lowest BCUT2D eigenvalue weighted by Crippen LogP contribution is -1.93. The first-order chi connectivity index (χ1) is 6.85. The Morgan fingerprint density at radius 2 is 2.21 bits per heavy atom. The van der Waals surface area contributed by atoms with Gasteiger partial charge in [-0.15, -0.1) is 0 Å². The maximum Gasteiger partial charge on any atom is 0.139 e. The van der Waals surface area contributed by atoms with Gasteiger partial charge in [0.25, 0.3) is 0 Å². The van der Waals surface area contributed by atoms with Crippen molar-refractivity contribution in [2.24, 2.45) is 0 Å². The summed E-state index contributed by atoms with van der Waals surface area (Å²) in [7, 11) is 1.61. The molecule has 2 aromatic heterocycles. The number of rotatable bonds is 2. The third-order valence-electron chi connectivity index (χ3n) is 1.89. The topological polar surface area (TPSA) is 47.9 Å². The zero-order valence-electron chi connectivity index (χ0n) is 7.57. The van der Waals surface area contributed by atoms with Gasteiger partial charge in [-0.2, -0.15) is 0 Å². The van der Waals surface area contributed by atoms with Crippen LogP contribution in [0.5, 0.6) is 5.75 Å². The third kappa shape index (κ3) is 1.63. The molecule has 5 heteroatoms. The molecule has 0 amide bonds. The van der Waals surface area contributed by atoms with Crippen LogP contribution in [0.25, 0.3) is 11.0 Å². The quantitative estimate of drug-likeness (QED) is 0.628. The zero-order valence-corrected chi connectivity index (χ0v) is 9.72. The van der Waals surface area contributed by atoms with E-state index in [1.807, 2.05) is 6.07 Å². The second kappa shape index (κ2) is 4.04. The van der Waals surface area contributed by atoms with E-state index in [0.717, 1.165) is 26.9 Å². The van der Waals surface area contributed by atoms with Crippen molar-refractivity contribution < 1.29 is 4.74 Å². The molecule has 0 aromatic carbocycles. The summed E-state index contributed by atoms with van der Waals surface area (Å²) in [6, 6.07) is 1.86. The molecule has 0 N–H and O–H groups in total. The third-order valence-corrected chi connectivity index (χ3v) is 2.61. The Labute approximate surface area is 94.9 Å². The zero-order chi connectivity index (χ0) is 9.97. The maximum absolute atomic E-state index is 5.07. The number of halogens is 1. The van der Waals surface area contributed by atoms with E-state index in [1.54, 1.807) is 19.6 Å². The highest BCUT2D eigenvalue weighted by atomic mass is 127. The van der Waals surface area contributed by atoms with E-state index < -0.39 is 0 Å². The van der Waals surface area contributed by atoms with Crippen molar-refractivity contribution in [1.82, 2.24) is 15.0 Å². The van der Waals surface area contributed by atoms with Gasteiger partial charge in [-0.25, -0.2) is 15.0 Å². The number of alkyl halides is 1. The molecule has 0 radical (unpaired) electrons. The van der Waals surface area contributed by atoms with Crippen LogP contribution in [0.3, 0.4) is 0 Å². The number of aromatic nitrogens is 3. The molecule has 14 heavy (non-hydrogen) atoms. The largest absolute Gasteiger partial charge is 0.495 e. The Morgan fingerprint density at radius 1 is 1.36 bits per heavy atom. The summed E-state index contributed by atoms with van der Waals surface area (Å²) in [5.41, 5.74) is 2.63. The molecule has 0 atom stereocenters.